The highest BCUT2D eigenvalue weighted by Gasteiger charge is 2.42. The molecule has 254 valence electrons. The SMILES string of the molecule is CCCCCCNC(=O)[C@H](Cn1cc(-c2ccc(C(=O)N3C[C@@H](C(N)=O)[C@H](C(N)=O)C3)cc2)nn1)NC(=O)N[C@H]1C[C@@H]1c1ccccc1. The molecular formula is C34H43N9O5. The van der Waals surface area contributed by atoms with Crippen molar-refractivity contribution < 1.29 is 24.0 Å². The van der Waals surface area contributed by atoms with Crippen LogP contribution in [-0.2, 0) is 20.9 Å². The van der Waals surface area contributed by atoms with Crippen molar-refractivity contribution in [1.29, 1.82) is 0 Å². The minimum atomic E-state index is -0.895. The number of amides is 6. The van der Waals surface area contributed by atoms with Crippen LogP contribution < -0.4 is 27.4 Å². The van der Waals surface area contributed by atoms with Crippen molar-refractivity contribution in [2.45, 2.75) is 63.6 Å². The Kier molecular flexibility index (Phi) is 11.0. The monoisotopic (exact) mass is 657 g/mol. The number of unbranched alkanes of at least 4 members (excludes halogenated alkanes) is 3. The Bertz CT molecular complexity index is 1590. The third-order valence-corrected chi connectivity index (χ3v) is 8.96. The number of carbonyl (C=O) groups excluding carboxylic acids is 5. The van der Waals surface area contributed by atoms with Gasteiger partial charge in [-0.05, 0) is 30.5 Å². The molecule has 7 N–H and O–H groups in total. The molecule has 2 fully saturated rings. The number of hydrogen-bond donors (Lipinski definition) is 5. The number of aromatic nitrogens is 3. The van der Waals surface area contributed by atoms with Crippen molar-refractivity contribution in [3.63, 3.8) is 0 Å². The lowest BCUT2D eigenvalue weighted by Gasteiger charge is -2.19. The van der Waals surface area contributed by atoms with E-state index in [0.717, 1.165) is 32.1 Å². The summed E-state index contributed by atoms with van der Waals surface area (Å²) >= 11 is 0. The van der Waals surface area contributed by atoms with E-state index in [9.17, 15) is 24.0 Å². The van der Waals surface area contributed by atoms with Crippen molar-refractivity contribution in [3.05, 3.63) is 71.9 Å². The van der Waals surface area contributed by atoms with Gasteiger partial charge < -0.3 is 32.3 Å². The smallest absolute Gasteiger partial charge is 0.315 e. The van der Waals surface area contributed by atoms with E-state index in [1.807, 2.05) is 30.3 Å². The summed E-state index contributed by atoms with van der Waals surface area (Å²) in [5, 5.41) is 17.2. The summed E-state index contributed by atoms with van der Waals surface area (Å²) in [5.74, 6) is -3.41. The molecule has 1 saturated carbocycles. The molecule has 1 aromatic heterocycles. The largest absolute Gasteiger partial charge is 0.369 e. The normalized spacial score (nSPS) is 20.5. The van der Waals surface area contributed by atoms with Crippen LogP contribution in [0.25, 0.3) is 11.3 Å². The predicted octanol–water partition coefficient (Wildman–Crippen LogP) is 1.52. The van der Waals surface area contributed by atoms with E-state index in [2.05, 4.69) is 33.2 Å². The maximum absolute atomic E-state index is 13.2. The van der Waals surface area contributed by atoms with Gasteiger partial charge in [0.1, 0.15) is 11.7 Å². The Labute approximate surface area is 279 Å². The lowest BCUT2D eigenvalue weighted by Crippen LogP contribution is -2.52. The number of nitrogens with two attached hydrogens (primary N) is 2. The molecule has 14 heteroatoms. The molecule has 2 aliphatic rings. The number of urea groups is 1. The van der Waals surface area contributed by atoms with Gasteiger partial charge in [0, 0.05) is 42.7 Å². The van der Waals surface area contributed by atoms with E-state index in [-0.39, 0.29) is 43.4 Å². The number of carbonyl (C=O) groups is 5. The maximum Gasteiger partial charge on any atom is 0.315 e. The van der Waals surface area contributed by atoms with Gasteiger partial charge in [0.05, 0.1) is 24.6 Å². The van der Waals surface area contributed by atoms with Crippen molar-refractivity contribution in [2.24, 2.45) is 23.3 Å². The van der Waals surface area contributed by atoms with Crippen LogP contribution >= 0.6 is 0 Å². The van der Waals surface area contributed by atoms with Gasteiger partial charge in [-0.2, -0.15) is 0 Å². The maximum atomic E-state index is 13.2. The molecule has 2 aromatic carbocycles. The van der Waals surface area contributed by atoms with Crippen LogP contribution in [0.1, 0.15) is 60.9 Å². The van der Waals surface area contributed by atoms with Gasteiger partial charge in [0.2, 0.25) is 17.7 Å². The van der Waals surface area contributed by atoms with Crippen LogP contribution in [0.3, 0.4) is 0 Å². The zero-order chi connectivity index (χ0) is 34.2. The summed E-state index contributed by atoms with van der Waals surface area (Å²) in [7, 11) is 0. The topological polar surface area (TPSA) is 207 Å². The number of benzene rings is 2. The second-order valence-electron chi connectivity index (χ2n) is 12.5. The minimum Gasteiger partial charge on any atom is -0.369 e. The number of likely N-dealkylation sites (tertiary alicyclic amines) is 1. The molecule has 1 aliphatic heterocycles. The lowest BCUT2D eigenvalue weighted by atomic mass is 9.95. The molecule has 0 spiro atoms. The van der Waals surface area contributed by atoms with Crippen molar-refractivity contribution >= 4 is 29.7 Å². The summed E-state index contributed by atoms with van der Waals surface area (Å²) in [4.78, 5) is 64.3. The predicted molar refractivity (Wildman–Crippen MR) is 177 cm³/mol. The summed E-state index contributed by atoms with van der Waals surface area (Å²) < 4.78 is 1.50. The molecule has 2 heterocycles. The third-order valence-electron chi connectivity index (χ3n) is 8.96. The summed E-state index contributed by atoms with van der Waals surface area (Å²) in [6, 6.07) is 15.3. The van der Waals surface area contributed by atoms with Gasteiger partial charge in [-0.3, -0.25) is 19.2 Å². The lowest BCUT2D eigenvalue weighted by molar-refractivity contribution is -0.129. The molecule has 0 bridgehead atoms. The van der Waals surface area contributed by atoms with E-state index in [4.69, 9.17) is 11.5 Å². The van der Waals surface area contributed by atoms with E-state index in [1.165, 1.54) is 15.1 Å². The Morgan fingerprint density at radius 2 is 1.60 bits per heavy atom. The first-order chi connectivity index (χ1) is 23.1. The second kappa shape index (κ2) is 15.5. The summed E-state index contributed by atoms with van der Waals surface area (Å²) in [5.41, 5.74) is 13.5. The molecule has 0 unspecified atom stereocenters. The molecule has 6 amide bonds. The van der Waals surface area contributed by atoms with E-state index < -0.39 is 35.7 Å². The van der Waals surface area contributed by atoms with Gasteiger partial charge in [0.15, 0.2) is 0 Å². The first kappa shape index (κ1) is 34.1. The molecular weight excluding hydrogens is 614 g/mol. The first-order valence-electron chi connectivity index (χ1n) is 16.4. The Balaban J connectivity index is 1.21. The number of primary amides is 2. The van der Waals surface area contributed by atoms with Crippen molar-refractivity contribution in [1.82, 2.24) is 35.8 Å². The zero-order valence-electron chi connectivity index (χ0n) is 27.0. The van der Waals surface area contributed by atoms with Gasteiger partial charge in [-0.15, -0.1) is 5.10 Å². The van der Waals surface area contributed by atoms with Gasteiger partial charge in [-0.1, -0.05) is 73.9 Å². The quantitative estimate of drug-likeness (QED) is 0.152. The van der Waals surface area contributed by atoms with E-state index >= 15 is 0 Å². The highest BCUT2D eigenvalue weighted by atomic mass is 16.2. The third kappa shape index (κ3) is 8.55. The molecule has 5 atom stereocenters. The van der Waals surface area contributed by atoms with Gasteiger partial charge in [-0.25, -0.2) is 9.48 Å². The van der Waals surface area contributed by atoms with Crippen LogP contribution in [0.5, 0.6) is 0 Å². The standard InChI is InChI=1S/C34H43N9O5/c1-2-3-4-8-15-37-32(46)29(39-34(48)38-27-16-24(27)21-9-6-5-7-10-21)20-43-19-28(40-41-43)22-11-13-23(14-12-22)33(47)42-17-25(30(35)44)26(18-42)31(36)45/h5-7,9-14,19,24-27,29H,2-4,8,15-18,20H2,1H3,(H2,35,44)(H2,36,45)(H,37,46)(H2,38,39,48)/t24-,25-,26-,27+,29+/m1/s1. The fourth-order valence-electron chi connectivity index (χ4n) is 6.09. The minimum absolute atomic E-state index is 0.00221. The molecule has 1 saturated heterocycles. The summed E-state index contributed by atoms with van der Waals surface area (Å²) in [6.07, 6.45) is 6.53. The van der Waals surface area contributed by atoms with E-state index in [0.29, 0.717) is 23.4 Å². The van der Waals surface area contributed by atoms with Crippen LogP contribution in [0.4, 0.5) is 4.79 Å². The Hall–Kier alpha value is -5.27. The average Bonchev–Trinajstić information content (AvgIpc) is 3.44. The number of hydrogen-bond acceptors (Lipinski definition) is 7. The number of rotatable bonds is 15. The highest BCUT2D eigenvalue weighted by molar-refractivity contribution is 5.97. The first-order valence-corrected chi connectivity index (χ1v) is 16.4. The fourth-order valence-corrected chi connectivity index (χ4v) is 6.09. The average molecular weight is 658 g/mol. The molecule has 14 nitrogen and oxygen atoms in total. The van der Waals surface area contributed by atoms with Crippen LogP contribution in [0, 0.1) is 11.8 Å². The molecule has 0 radical (unpaired) electrons. The summed E-state index contributed by atoms with van der Waals surface area (Å²) in [6.45, 7) is 2.73. The second-order valence-corrected chi connectivity index (χ2v) is 12.5. The van der Waals surface area contributed by atoms with Crippen LogP contribution in [0.2, 0.25) is 0 Å². The van der Waals surface area contributed by atoms with Gasteiger partial charge >= 0.3 is 6.03 Å². The van der Waals surface area contributed by atoms with Crippen molar-refractivity contribution in [3.8, 4) is 11.3 Å². The Morgan fingerprint density at radius 3 is 2.25 bits per heavy atom. The molecule has 3 aromatic rings. The zero-order valence-corrected chi connectivity index (χ0v) is 27.0. The van der Waals surface area contributed by atoms with Crippen molar-refractivity contribution in [2.75, 3.05) is 19.6 Å². The number of nitrogens with one attached hydrogen (secondary N) is 3. The van der Waals surface area contributed by atoms with Crippen LogP contribution in [0.15, 0.2) is 60.8 Å². The van der Waals surface area contributed by atoms with E-state index in [1.54, 1.807) is 30.5 Å². The number of nitrogens with zero attached hydrogens (tertiary/aromatic N) is 4. The molecule has 5 rings (SSSR count). The Morgan fingerprint density at radius 1 is 0.917 bits per heavy atom. The molecule has 1 aliphatic carbocycles. The van der Waals surface area contributed by atoms with Gasteiger partial charge in [0.25, 0.3) is 5.91 Å². The van der Waals surface area contributed by atoms with Crippen LogP contribution in [-0.4, -0.2) is 81.3 Å². The molecule has 48 heavy (non-hydrogen) atoms. The fraction of sp³-hybridized carbons (Fsp3) is 0.441. The highest BCUT2D eigenvalue weighted by Crippen LogP contribution is 2.40.